The Labute approximate surface area is 203 Å². The smallest absolute Gasteiger partial charge is 0.338 e. The van der Waals surface area contributed by atoms with Gasteiger partial charge in [0.15, 0.2) is 0 Å². The number of piperazine rings is 1. The molecule has 35 heavy (non-hydrogen) atoms. The number of methoxy groups -OCH3 is 1. The van der Waals surface area contributed by atoms with Crippen LogP contribution < -0.4 is 4.74 Å². The van der Waals surface area contributed by atoms with Gasteiger partial charge in [-0.1, -0.05) is 6.07 Å². The summed E-state index contributed by atoms with van der Waals surface area (Å²) in [6.45, 7) is 6.12. The Morgan fingerprint density at radius 1 is 1.31 bits per heavy atom. The van der Waals surface area contributed by atoms with Crippen LogP contribution in [0.15, 0.2) is 24.3 Å². The predicted molar refractivity (Wildman–Crippen MR) is 123 cm³/mol. The van der Waals surface area contributed by atoms with Crippen LogP contribution in [0.5, 0.6) is 5.75 Å². The zero-order chi connectivity index (χ0) is 24.7. The fourth-order valence-electron chi connectivity index (χ4n) is 5.34. The van der Waals surface area contributed by atoms with Crippen LogP contribution >= 0.6 is 0 Å². The van der Waals surface area contributed by atoms with Gasteiger partial charge in [0.2, 0.25) is 0 Å². The topological polar surface area (TPSA) is 95.3 Å². The molecule has 3 atom stereocenters. The number of halogens is 1. The molecule has 0 amide bonds. The van der Waals surface area contributed by atoms with Crippen LogP contribution in [0, 0.1) is 24.1 Å². The van der Waals surface area contributed by atoms with E-state index in [2.05, 4.69) is 9.80 Å². The van der Waals surface area contributed by atoms with Crippen molar-refractivity contribution in [3.8, 4) is 11.8 Å². The Morgan fingerprint density at radius 3 is 2.91 bits per heavy atom. The first-order valence-electron chi connectivity index (χ1n) is 11.7. The average Bonchev–Trinajstić information content (AvgIpc) is 3.24. The molecule has 2 aromatic rings. The number of carbonyl (C=O) groups is 1. The summed E-state index contributed by atoms with van der Waals surface area (Å²) in [6.07, 6.45) is -0.979. The zero-order valence-corrected chi connectivity index (χ0v) is 19.8. The fraction of sp³-hybridized carbons (Fsp3) is 0.462. The van der Waals surface area contributed by atoms with Gasteiger partial charge in [-0.05, 0) is 41.8 Å². The van der Waals surface area contributed by atoms with E-state index in [9.17, 15) is 14.3 Å². The predicted octanol–water partition coefficient (Wildman–Crippen LogP) is 2.48. The van der Waals surface area contributed by atoms with Crippen molar-refractivity contribution in [2.75, 3.05) is 46.4 Å². The van der Waals surface area contributed by atoms with Crippen molar-refractivity contribution >= 4 is 5.97 Å². The van der Waals surface area contributed by atoms with E-state index >= 15 is 0 Å². The lowest BCUT2D eigenvalue weighted by molar-refractivity contribution is -0.0938. The Morgan fingerprint density at radius 2 is 2.14 bits per heavy atom. The van der Waals surface area contributed by atoms with Crippen molar-refractivity contribution in [2.24, 2.45) is 0 Å². The summed E-state index contributed by atoms with van der Waals surface area (Å²) in [4.78, 5) is 16.4. The molecular formula is C26H28FN3O5. The van der Waals surface area contributed by atoms with Crippen LogP contribution in [0.3, 0.4) is 0 Å². The molecule has 9 heteroatoms. The third kappa shape index (κ3) is 4.39. The van der Waals surface area contributed by atoms with Gasteiger partial charge in [0.05, 0.1) is 31.5 Å². The van der Waals surface area contributed by atoms with Gasteiger partial charge < -0.3 is 19.3 Å². The van der Waals surface area contributed by atoms with E-state index in [1.165, 1.54) is 13.2 Å². The van der Waals surface area contributed by atoms with E-state index in [0.29, 0.717) is 30.8 Å². The maximum absolute atomic E-state index is 14.4. The van der Waals surface area contributed by atoms with Crippen molar-refractivity contribution in [1.82, 2.24) is 9.80 Å². The minimum Gasteiger partial charge on any atom is -0.495 e. The minimum absolute atomic E-state index is 0.102. The third-order valence-electron chi connectivity index (χ3n) is 7.36. The molecule has 3 heterocycles. The van der Waals surface area contributed by atoms with Crippen molar-refractivity contribution in [3.63, 3.8) is 0 Å². The fourth-order valence-corrected chi connectivity index (χ4v) is 5.34. The number of aliphatic hydroxyl groups is 1. The number of β-amino-alcohol motifs (C(OH)–C–C–N with tert-alkyl or cyclic N) is 1. The van der Waals surface area contributed by atoms with Gasteiger partial charge in [-0.25, -0.2) is 9.18 Å². The van der Waals surface area contributed by atoms with E-state index in [-0.39, 0.29) is 36.0 Å². The van der Waals surface area contributed by atoms with Gasteiger partial charge in [0.25, 0.3) is 0 Å². The van der Waals surface area contributed by atoms with E-state index in [1.54, 1.807) is 12.1 Å². The molecule has 0 aliphatic carbocycles. The molecule has 5 rings (SSSR count). The monoisotopic (exact) mass is 481 g/mol. The second-order valence-electron chi connectivity index (χ2n) is 9.32. The summed E-state index contributed by atoms with van der Waals surface area (Å²) in [5.74, 6) is -0.702. The molecule has 2 aromatic carbocycles. The molecule has 0 radical (unpaired) electrons. The molecule has 8 nitrogen and oxygen atoms in total. The number of cyclic esters (lactones) is 1. The molecule has 1 N–H and O–H groups in total. The highest BCUT2D eigenvalue weighted by Gasteiger charge is 2.35. The maximum Gasteiger partial charge on any atom is 0.338 e. The quantitative estimate of drug-likeness (QED) is 0.651. The lowest BCUT2D eigenvalue weighted by Crippen LogP contribution is -2.58. The van der Waals surface area contributed by atoms with Crippen LogP contribution in [0.2, 0.25) is 0 Å². The number of morpholine rings is 1. The first-order chi connectivity index (χ1) is 16.9. The second-order valence-corrected chi connectivity index (χ2v) is 9.32. The number of ether oxygens (including phenoxy) is 3. The summed E-state index contributed by atoms with van der Waals surface area (Å²) in [5.41, 5.74) is 3.73. The maximum atomic E-state index is 14.4. The van der Waals surface area contributed by atoms with Gasteiger partial charge in [-0.15, -0.1) is 0 Å². The molecule has 2 saturated heterocycles. The second kappa shape index (κ2) is 9.55. The van der Waals surface area contributed by atoms with Crippen LogP contribution in [-0.4, -0.2) is 73.4 Å². The molecular weight excluding hydrogens is 453 g/mol. The number of esters is 1. The molecule has 3 aliphatic heterocycles. The Balaban J connectivity index is 1.22. The first-order valence-corrected chi connectivity index (χ1v) is 11.7. The molecule has 0 unspecified atom stereocenters. The molecule has 0 spiro atoms. The van der Waals surface area contributed by atoms with Crippen LogP contribution in [-0.2, 0) is 16.1 Å². The number of nitriles is 1. The highest BCUT2D eigenvalue weighted by atomic mass is 19.1. The van der Waals surface area contributed by atoms with E-state index < -0.39 is 11.9 Å². The van der Waals surface area contributed by atoms with Crippen molar-refractivity contribution in [1.29, 1.82) is 5.26 Å². The summed E-state index contributed by atoms with van der Waals surface area (Å²) in [5, 5.41) is 20.1. The lowest BCUT2D eigenvalue weighted by Gasteiger charge is -2.46. The van der Waals surface area contributed by atoms with Gasteiger partial charge in [0, 0.05) is 44.3 Å². The number of aliphatic hydroxyl groups excluding tert-OH is 1. The Hall–Kier alpha value is -3.03. The summed E-state index contributed by atoms with van der Waals surface area (Å²) in [6, 6.07) is 8.61. The zero-order valence-electron chi connectivity index (χ0n) is 19.8. The molecule has 0 aromatic heterocycles. The van der Waals surface area contributed by atoms with Gasteiger partial charge in [-0.2, -0.15) is 5.26 Å². The average molecular weight is 482 g/mol. The normalized spacial score (nSPS) is 23.2. The Bertz CT molecular complexity index is 1200. The van der Waals surface area contributed by atoms with Gasteiger partial charge in [0.1, 0.15) is 29.8 Å². The number of carbonyl (C=O) groups excluding carboxylic acids is 1. The van der Waals surface area contributed by atoms with E-state index in [0.717, 1.165) is 36.3 Å². The number of fused-ring (bicyclic) bond motifs is 2. The number of hydrogen-bond acceptors (Lipinski definition) is 8. The number of benzene rings is 2. The van der Waals surface area contributed by atoms with E-state index in [4.69, 9.17) is 19.5 Å². The SMILES string of the molecule is COc1cc([C@H]2CN3CCN(C[C@@H](O)c4ccc5c(c4C)COC5=O)C[C@@H]3CO2)cc(F)c1C#N. The van der Waals surface area contributed by atoms with Gasteiger partial charge in [-0.3, -0.25) is 9.80 Å². The number of rotatable bonds is 5. The molecule has 0 saturated carbocycles. The Kier molecular flexibility index (Phi) is 6.47. The highest BCUT2D eigenvalue weighted by Crippen LogP contribution is 2.33. The number of hydrogen-bond donors (Lipinski definition) is 1. The lowest BCUT2D eigenvalue weighted by atomic mass is 9.95. The first kappa shape index (κ1) is 23.7. The van der Waals surface area contributed by atoms with E-state index in [1.807, 2.05) is 19.1 Å². The largest absolute Gasteiger partial charge is 0.495 e. The van der Waals surface area contributed by atoms with Crippen molar-refractivity contribution in [2.45, 2.75) is 31.8 Å². The summed E-state index contributed by atoms with van der Waals surface area (Å²) < 4.78 is 30.8. The van der Waals surface area contributed by atoms with Crippen molar-refractivity contribution < 1.29 is 28.5 Å². The standard InChI is InChI=1S/C26H28FN3O5/c1-15-18(3-4-19-21(15)14-35-26(19)32)23(31)11-29-5-6-30-12-25(34-13-17(30)10-29)16-7-22(27)20(9-28)24(8-16)33-2/h3-4,7-8,17,23,25,31H,5-6,10-14H2,1-2H3/t17-,23-,25-/m1/s1. The number of nitrogens with zero attached hydrogens (tertiary/aromatic N) is 3. The molecule has 3 aliphatic rings. The van der Waals surface area contributed by atoms with Gasteiger partial charge >= 0.3 is 5.97 Å². The summed E-state index contributed by atoms with van der Waals surface area (Å²) >= 11 is 0. The molecule has 2 fully saturated rings. The highest BCUT2D eigenvalue weighted by molar-refractivity contribution is 5.93. The van der Waals surface area contributed by atoms with Crippen molar-refractivity contribution in [3.05, 3.63) is 63.5 Å². The van der Waals surface area contributed by atoms with Crippen LogP contribution in [0.4, 0.5) is 4.39 Å². The van der Waals surface area contributed by atoms with Crippen LogP contribution in [0.25, 0.3) is 0 Å². The van der Waals surface area contributed by atoms with Crippen LogP contribution in [0.1, 0.15) is 50.4 Å². The third-order valence-corrected chi connectivity index (χ3v) is 7.36. The minimum atomic E-state index is -0.672. The molecule has 0 bridgehead atoms. The molecule has 184 valence electrons. The summed E-state index contributed by atoms with van der Waals surface area (Å²) in [7, 11) is 1.42.